The van der Waals surface area contributed by atoms with Gasteiger partial charge in [-0.15, -0.1) is 0 Å². The Kier molecular flexibility index (Phi) is 9.20. The number of phenolic OH excluding ortho intramolecular Hbond substituents is 1. The Balaban J connectivity index is 1.38. The third kappa shape index (κ3) is 7.41. The molecule has 4 rings (SSSR count). The molecule has 0 spiro atoms. The number of anilines is 1. The summed E-state index contributed by atoms with van der Waals surface area (Å²) in [5.74, 6) is -2.01. The number of nitrogens with one attached hydrogen (secondary N) is 2. The lowest BCUT2D eigenvalue weighted by atomic mass is 10.1. The maximum Gasteiger partial charge on any atom is 0.397 e. The zero-order valence-electron chi connectivity index (χ0n) is 22.4. The third-order valence-corrected chi connectivity index (χ3v) is 5.95. The van der Waals surface area contributed by atoms with Gasteiger partial charge in [-0.25, -0.2) is 4.79 Å². The van der Waals surface area contributed by atoms with E-state index in [4.69, 9.17) is 13.9 Å². The van der Waals surface area contributed by atoms with Crippen LogP contribution < -0.4 is 25.5 Å². The maximum absolute atomic E-state index is 12.7. The largest absolute Gasteiger partial charge is 0.507 e. The van der Waals surface area contributed by atoms with E-state index in [1.807, 2.05) is 0 Å². The lowest BCUT2D eigenvalue weighted by Gasteiger charge is -2.10. The summed E-state index contributed by atoms with van der Waals surface area (Å²) in [6.45, 7) is 2.14. The predicted octanol–water partition coefficient (Wildman–Crippen LogP) is 3.56. The van der Waals surface area contributed by atoms with Crippen LogP contribution in [0.25, 0.3) is 11.0 Å². The molecule has 3 aromatic carbocycles. The number of esters is 1. The molecule has 3 N–H and O–H groups in total. The SMILES string of the molecule is CCOC(=O)C(=O)Nc1ccc(CCOc2cc(O)c3c(=O)cc(C(=O)NCc4ccc(OC)cc4)oc3c2)cc1. The number of hydrogen-bond acceptors (Lipinski definition) is 9. The summed E-state index contributed by atoms with van der Waals surface area (Å²) in [4.78, 5) is 48.5. The van der Waals surface area contributed by atoms with Crippen LogP contribution in [0.4, 0.5) is 5.69 Å². The van der Waals surface area contributed by atoms with Crippen LogP contribution in [-0.4, -0.2) is 43.2 Å². The van der Waals surface area contributed by atoms with Gasteiger partial charge < -0.3 is 34.4 Å². The Hall–Kier alpha value is -5.32. The number of aromatic hydroxyl groups is 1. The van der Waals surface area contributed by atoms with Gasteiger partial charge in [0.15, 0.2) is 11.2 Å². The lowest BCUT2D eigenvalue weighted by Crippen LogP contribution is -2.24. The number of methoxy groups -OCH3 is 1. The molecule has 0 unspecified atom stereocenters. The number of carbonyl (C=O) groups excluding carboxylic acids is 3. The van der Waals surface area contributed by atoms with Crippen molar-refractivity contribution in [3.63, 3.8) is 0 Å². The van der Waals surface area contributed by atoms with Crippen LogP contribution in [0, 0.1) is 0 Å². The quantitative estimate of drug-likeness (QED) is 0.195. The van der Waals surface area contributed by atoms with E-state index in [1.54, 1.807) is 62.6 Å². The van der Waals surface area contributed by atoms with Crippen molar-refractivity contribution in [1.82, 2.24) is 5.32 Å². The Morgan fingerprint density at radius 2 is 1.63 bits per heavy atom. The fraction of sp³-hybridized carbons (Fsp3) is 0.200. The van der Waals surface area contributed by atoms with E-state index in [0.29, 0.717) is 17.9 Å². The first-order valence-electron chi connectivity index (χ1n) is 12.7. The van der Waals surface area contributed by atoms with Gasteiger partial charge in [0.2, 0.25) is 0 Å². The highest BCUT2D eigenvalue weighted by Gasteiger charge is 2.17. The molecule has 1 heterocycles. The first kappa shape index (κ1) is 28.7. The van der Waals surface area contributed by atoms with Crippen LogP contribution in [0.2, 0.25) is 0 Å². The molecule has 11 nitrogen and oxygen atoms in total. The van der Waals surface area contributed by atoms with Crippen LogP contribution in [0.3, 0.4) is 0 Å². The van der Waals surface area contributed by atoms with E-state index in [-0.39, 0.29) is 48.0 Å². The average molecular weight is 561 g/mol. The summed E-state index contributed by atoms with van der Waals surface area (Å²) in [5.41, 5.74) is 1.58. The molecule has 0 radical (unpaired) electrons. The van der Waals surface area contributed by atoms with Crippen molar-refractivity contribution in [3.8, 4) is 17.2 Å². The molecule has 0 aliphatic heterocycles. The van der Waals surface area contributed by atoms with Gasteiger partial charge in [-0.05, 0) is 42.3 Å². The number of hydrogen-bond donors (Lipinski definition) is 3. The molecule has 0 atom stereocenters. The van der Waals surface area contributed by atoms with E-state index in [1.165, 1.54) is 12.1 Å². The maximum atomic E-state index is 12.7. The van der Waals surface area contributed by atoms with Gasteiger partial charge in [-0.1, -0.05) is 24.3 Å². The number of amides is 2. The highest BCUT2D eigenvalue weighted by atomic mass is 16.5. The highest BCUT2D eigenvalue weighted by Crippen LogP contribution is 2.29. The Bertz CT molecular complexity index is 1610. The van der Waals surface area contributed by atoms with Crippen LogP contribution >= 0.6 is 0 Å². The topological polar surface area (TPSA) is 153 Å². The predicted molar refractivity (Wildman–Crippen MR) is 149 cm³/mol. The zero-order valence-corrected chi connectivity index (χ0v) is 22.4. The third-order valence-electron chi connectivity index (χ3n) is 5.95. The van der Waals surface area contributed by atoms with E-state index in [9.17, 15) is 24.3 Å². The molecule has 2 amide bonds. The highest BCUT2D eigenvalue weighted by molar-refractivity contribution is 6.37. The number of phenols is 1. The van der Waals surface area contributed by atoms with E-state index < -0.39 is 23.2 Å². The van der Waals surface area contributed by atoms with Crippen LogP contribution in [0.15, 0.2) is 75.9 Å². The van der Waals surface area contributed by atoms with Crippen molar-refractivity contribution in [3.05, 3.63) is 93.8 Å². The normalized spacial score (nSPS) is 10.6. The Labute approximate surface area is 234 Å². The molecule has 0 aliphatic rings. The Morgan fingerprint density at radius 3 is 2.32 bits per heavy atom. The van der Waals surface area contributed by atoms with Gasteiger partial charge >= 0.3 is 11.9 Å². The molecular weight excluding hydrogens is 532 g/mol. The number of fused-ring (bicyclic) bond motifs is 1. The number of benzene rings is 3. The summed E-state index contributed by atoms with van der Waals surface area (Å²) in [5, 5.41) is 15.5. The van der Waals surface area contributed by atoms with Crippen LogP contribution in [0.1, 0.15) is 28.6 Å². The van der Waals surface area contributed by atoms with Crippen molar-refractivity contribution in [2.24, 2.45) is 0 Å². The molecule has 0 fully saturated rings. The monoisotopic (exact) mass is 560 g/mol. The van der Waals surface area contributed by atoms with E-state index >= 15 is 0 Å². The standard InChI is InChI=1S/C30H28N2O9/c1-3-39-30(37)29(36)32-20-8-4-18(5-9-20)12-13-40-22-14-23(33)27-24(34)16-26(41-25(27)15-22)28(35)31-17-19-6-10-21(38-2)11-7-19/h4-11,14-16,33H,3,12-13,17H2,1-2H3,(H,31,35)(H,32,36). The van der Waals surface area contributed by atoms with Crippen LogP contribution in [0.5, 0.6) is 17.2 Å². The van der Waals surface area contributed by atoms with Crippen molar-refractivity contribution in [2.75, 3.05) is 25.6 Å². The molecule has 0 saturated carbocycles. The molecule has 0 aliphatic carbocycles. The fourth-order valence-corrected chi connectivity index (χ4v) is 3.87. The summed E-state index contributed by atoms with van der Waals surface area (Å²) < 4.78 is 21.2. The Morgan fingerprint density at radius 1 is 0.927 bits per heavy atom. The summed E-state index contributed by atoms with van der Waals surface area (Å²) in [7, 11) is 1.56. The molecule has 1 aromatic heterocycles. The van der Waals surface area contributed by atoms with Crippen molar-refractivity contribution < 1.29 is 38.1 Å². The smallest absolute Gasteiger partial charge is 0.397 e. The average Bonchev–Trinajstić information content (AvgIpc) is 2.96. The molecular formula is C30H28N2O9. The van der Waals surface area contributed by atoms with Gasteiger partial charge in [0, 0.05) is 36.9 Å². The second-order valence-corrected chi connectivity index (χ2v) is 8.79. The minimum absolute atomic E-state index is 0.00351. The lowest BCUT2D eigenvalue weighted by molar-refractivity contribution is -0.152. The van der Waals surface area contributed by atoms with Gasteiger partial charge in [-0.2, -0.15) is 0 Å². The molecule has 0 bridgehead atoms. The number of rotatable bonds is 10. The van der Waals surface area contributed by atoms with E-state index in [0.717, 1.165) is 17.2 Å². The van der Waals surface area contributed by atoms with Gasteiger partial charge in [0.25, 0.3) is 5.91 Å². The minimum atomic E-state index is -0.958. The first-order valence-corrected chi connectivity index (χ1v) is 12.7. The number of ether oxygens (including phenoxy) is 3. The van der Waals surface area contributed by atoms with Crippen LogP contribution in [-0.2, 0) is 27.3 Å². The van der Waals surface area contributed by atoms with Crippen molar-refractivity contribution in [1.29, 1.82) is 0 Å². The van der Waals surface area contributed by atoms with E-state index in [2.05, 4.69) is 15.4 Å². The van der Waals surface area contributed by atoms with Gasteiger partial charge in [0.1, 0.15) is 28.2 Å². The fourth-order valence-electron chi connectivity index (χ4n) is 3.87. The van der Waals surface area contributed by atoms with Gasteiger partial charge in [0.05, 0.1) is 20.3 Å². The first-order chi connectivity index (χ1) is 19.8. The second kappa shape index (κ2) is 13.2. The minimum Gasteiger partial charge on any atom is -0.507 e. The molecule has 0 saturated heterocycles. The number of carbonyl (C=O) groups is 3. The summed E-state index contributed by atoms with van der Waals surface area (Å²) >= 11 is 0. The molecule has 212 valence electrons. The summed E-state index contributed by atoms with van der Waals surface area (Å²) in [6, 6.07) is 17.7. The zero-order chi connectivity index (χ0) is 29.4. The van der Waals surface area contributed by atoms with Crippen molar-refractivity contribution >= 4 is 34.4 Å². The molecule has 41 heavy (non-hydrogen) atoms. The summed E-state index contributed by atoms with van der Waals surface area (Å²) in [6.07, 6.45) is 0.475. The van der Waals surface area contributed by atoms with Gasteiger partial charge in [-0.3, -0.25) is 14.4 Å². The molecule has 4 aromatic rings. The van der Waals surface area contributed by atoms with Crippen molar-refractivity contribution in [2.45, 2.75) is 19.9 Å². The molecule has 11 heteroatoms. The second-order valence-electron chi connectivity index (χ2n) is 8.79.